The zero-order valence-electron chi connectivity index (χ0n) is 12.3. The van der Waals surface area contributed by atoms with E-state index >= 15 is 0 Å². The van der Waals surface area contributed by atoms with Crippen LogP contribution in [0, 0.1) is 15.5 Å². The van der Waals surface area contributed by atoms with Crippen LogP contribution in [-0.4, -0.2) is 28.8 Å². The molecule has 1 amide bonds. The summed E-state index contributed by atoms with van der Waals surface area (Å²) < 4.78 is 0.390. The minimum Gasteiger partial charge on any atom is -0.339 e. The van der Waals surface area contributed by atoms with Gasteiger partial charge in [0.05, 0.1) is 9.40 Å². The number of nitro groups is 1. The second kappa shape index (κ2) is 6.13. The second-order valence-electron chi connectivity index (χ2n) is 6.23. The fraction of sp³-hybridized carbons (Fsp3) is 0.533. The number of rotatable bonds is 2. The van der Waals surface area contributed by atoms with Crippen LogP contribution in [0.15, 0.2) is 22.7 Å². The highest BCUT2D eigenvalue weighted by Gasteiger charge is 2.26. The zero-order chi connectivity index (χ0) is 15.6. The number of nitrogens with zero attached hydrogens (tertiary/aromatic N) is 2. The third-order valence-electron chi connectivity index (χ3n) is 4.02. The first-order valence-electron chi connectivity index (χ1n) is 7.03. The Balaban J connectivity index is 2.20. The van der Waals surface area contributed by atoms with Crippen LogP contribution in [0.4, 0.5) is 5.69 Å². The number of halogens is 1. The van der Waals surface area contributed by atoms with E-state index in [0.717, 1.165) is 19.3 Å². The Labute approximate surface area is 132 Å². The highest BCUT2D eigenvalue weighted by molar-refractivity contribution is 9.10. The van der Waals surface area contributed by atoms with Crippen molar-refractivity contribution >= 4 is 27.5 Å². The van der Waals surface area contributed by atoms with Gasteiger partial charge in [-0.25, -0.2) is 0 Å². The van der Waals surface area contributed by atoms with Crippen LogP contribution in [0.3, 0.4) is 0 Å². The lowest BCUT2D eigenvalue weighted by atomic mass is 9.85. The summed E-state index contributed by atoms with van der Waals surface area (Å²) in [7, 11) is 0. The molecule has 1 aliphatic rings. The van der Waals surface area contributed by atoms with Crippen molar-refractivity contribution in [3.63, 3.8) is 0 Å². The molecule has 0 radical (unpaired) electrons. The predicted molar refractivity (Wildman–Crippen MR) is 84.3 cm³/mol. The molecule has 0 N–H and O–H groups in total. The molecule has 1 aromatic carbocycles. The molecule has 1 aliphatic heterocycles. The van der Waals surface area contributed by atoms with Crippen LogP contribution >= 0.6 is 15.9 Å². The van der Waals surface area contributed by atoms with Gasteiger partial charge in [-0.2, -0.15) is 0 Å². The molecule has 0 unspecified atom stereocenters. The van der Waals surface area contributed by atoms with Crippen molar-refractivity contribution in [1.82, 2.24) is 4.90 Å². The second-order valence-corrected chi connectivity index (χ2v) is 7.09. The topological polar surface area (TPSA) is 63.5 Å². The molecule has 1 saturated heterocycles. The van der Waals surface area contributed by atoms with Crippen molar-refractivity contribution in [2.75, 3.05) is 13.1 Å². The van der Waals surface area contributed by atoms with Gasteiger partial charge in [-0.15, -0.1) is 0 Å². The lowest BCUT2D eigenvalue weighted by Gasteiger charge is -2.23. The van der Waals surface area contributed by atoms with Crippen LogP contribution in [0.1, 0.15) is 43.5 Å². The maximum absolute atomic E-state index is 12.5. The van der Waals surface area contributed by atoms with E-state index in [-0.39, 0.29) is 17.0 Å². The van der Waals surface area contributed by atoms with Gasteiger partial charge in [0.2, 0.25) is 0 Å². The first kappa shape index (κ1) is 15.9. The smallest absolute Gasteiger partial charge is 0.284 e. The molecule has 0 saturated carbocycles. The normalized spacial score (nSPS) is 18.1. The standard InChI is InChI=1S/C15H19BrN2O3/c1-15(2)6-3-8-17(9-7-15)14(19)11-4-5-12(16)13(10-11)18(20)21/h4-5,10H,3,6-9H2,1-2H3. The van der Waals surface area contributed by atoms with Crippen LogP contribution in [0.25, 0.3) is 0 Å². The van der Waals surface area contributed by atoms with E-state index in [2.05, 4.69) is 29.8 Å². The molecule has 0 aliphatic carbocycles. The van der Waals surface area contributed by atoms with E-state index in [0.29, 0.717) is 23.1 Å². The van der Waals surface area contributed by atoms with Gasteiger partial charge in [-0.3, -0.25) is 14.9 Å². The summed E-state index contributed by atoms with van der Waals surface area (Å²) in [6, 6.07) is 4.55. The Bertz CT molecular complexity index is 572. The molecule has 1 fully saturated rings. The summed E-state index contributed by atoms with van der Waals surface area (Å²) in [4.78, 5) is 24.8. The molecule has 6 heteroatoms. The summed E-state index contributed by atoms with van der Waals surface area (Å²) >= 11 is 3.14. The van der Waals surface area contributed by atoms with Gasteiger partial charge in [-0.1, -0.05) is 13.8 Å². The van der Waals surface area contributed by atoms with E-state index in [1.54, 1.807) is 12.1 Å². The third kappa shape index (κ3) is 3.81. The molecule has 114 valence electrons. The van der Waals surface area contributed by atoms with Gasteiger partial charge >= 0.3 is 0 Å². The number of benzene rings is 1. The van der Waals surface area contributed by atoms with Gasteiger partial charge in [0, 0.05) is 24.7 Å². The van der Waals surface area contributed by atoms with Crippen molar-refractivity contribution in [3.8, 4) is 0 Å². The fourth-order valence-electron chi connectivity index (χ4n) is 2.59. The molecule has 21 heavy (non-hydrogen) atoms. The van der Waals surface area contributed by atoms with E-state index in [1.807, 2.05) is 4.90 Å². The van der Waals surface area contributed by atoms with Crippen molar-refractivity contribution < 1.29 is 9.72 Å². The number of hydrogen-bond donors (Lipinski definition) is 0. The Kier molecular flexibility index (Phi) is 4.66. The minimum absolute atomic E-state index is 0.0731. The molecule has 0 spiro atoms. The van der Waals surface area contributed by atoms with Crippen LogP contribution in [0.2, 0.25) is 0 Å². The Morgan fingerprint density at radius 3 is 2.71 bits per heavy atom. The van der Waals surface area contributed by atoms with E-state index in [1.165, 1.54) is 6.07 Å². The first-order valence-corrected chi connectivity index (χ1v) is 7.83. The fourth-order valence-corrected chi connectivity index (χ4v) is 2.99. The van der Waals surface area contributed by atoms with Crippen LogP contribution < -0.4 is 0 Å². The Morgan fingerprint density at radius 1 is 1.33 bits per heavy atom. The minimum atomic E-state index is -0.480. The molecule has 5 nitrogen and oxygen atoms in total. The summed E-state index contributed by atoms with van der Waals surface area (Å²) in [6.07, 6.45) is 3.02. The van der Waals surface area contributed by atoms with Gasteiger partial charge in [0.15, 0.2) is 0 Å². The van der Waals surface area contributed by atoms with Crippen molar-refractivity contribution in [1.29, 1.82) is 0 Å². The number of carbonyl (C=O) groups is 1. The van der Waals surface area contributed by atoms with Crippen molar-refractivity contribution in [2.45, 2.75) is 33.1 Å². The molecule has 0 aromatic heterocycles. The number of amides is 1. The van der Waals surface area contributed by atoms with Gasteiger partial charge in [0.1, 0.15) is 0 Å². The SMILES string of the molecule is CC1(C)CCCN(C(=O)c2ccc(Br)c([N+](=O)[O-])c2)CC1. The third-order valence-corrected chi connectivity index (χ3v) is 4.69. The summed E-state index contributed by atoms with van der Waals surface area (Å²) in [5.74, 6) is -0.122. The van der Waals surface area contributed by atoms with Gasteiger partial charge in [-0.05, 0) is 52.7 Å². The quantitative estimate of drug-likeness (QED) is 0.595. The summed E-state index contributed by atoms with van der Waals surface area (Å²) in [5.41, 5.74) is 0.557. The van der Waals surface area contributed by atoms with Gasteiger partial charge < -0.3 is 4.90 Å². The summed E-state index contributed by atoms with van der Waals surface area (Å²) in [5, 5.41) is 11.0. The van der Waals surface area contributed by atoms with E-state index in [4.69, 9.17) is 0 Å². The molecular formula is C15H19BrN2O3. The van der Waals surface area contributed by atoms with Gasteiger partial charge in [0.25, 0.3) is 11.6 Å². The number of hydrogen-bond acceptors (Lipinski definition) is 3. The average molecular weight is 355 g/mol. The number of likely N-dealkylation sites (tertiary alicyclic amines) is 1. The Hall–Kier alpha value is -1.43. The largest absolute Gasteiger partial charge is 0.339 e. The first-order chi connectivity index (χ1) is 9.80. The highest BCUT2D eigenvalue weighted by Crippen LogP contribution is 2.31. The van der Waals surface area contributed by atoms with Crippen LogP contribution in [-0.2, 0) is 0 Å². The maximum Gasteiger partial charge on any atom is 0.284 e. The molecule has 1 heterocycles. The van der Waals surface area contributed by atoms with Crippen LogP contribution in [0.5, 0.6) is 0 Å². The molecule has 0 bridgehead atoms. The summed E-state index contributed by atoms with van der Waals surface area (Å²) in [6.45, 7) is 5.85. The van der Waals surface area contributed by atoms with Crippen molar-refractivity contribution in [3.05, 3.63) is 38.3 Å². The van der Waals surface area contributed by atoms with E-state index in [9.17, 15) is 14.9 Å². The number of carbonyl (C=O) groups excluding carboxylic acids is 1. The van der Waals surface area contributed by atoms with Crippen molar-refractivity contribution in [2.24, 2.45) is 5.41 Å². The average Bonchev–Trinajstić information content (AvgIpc) is 2.59. The maximum atomic E-state index is 12.5. The number of nitro benzene ring substituents is 1. The molecule has 2 rings (SSSR count). The molecule has 1 aromatic rings. The Morgan fingerprint density at radius 2 is 2.05 bits per heavy atom. The monoisotopic (exact) mass is 354 g/mol. The lowest BCUT2D eigenvalue weighted by Crippen LogP contribution is -2.32. The lowest BCUT2D eigenvalue weighted by molar-refractivity contribution is -0.385. The zero-order valence-corrected chi connectivity index (χ0v) is 13.9. The van der Waals surface area contributed by atoms with E-state index < -0.39 is 4.92 Å². The predicted octanol–water partition coefficient (Wildman–Crippen LogP) is 4.01. The highest BCUT2D eigenvalue weighted by atomic mass is 79.9. The molecule has 0 atom stereocenters. The molecular weight excluding hydrogens is 336 g/mol.